The second kappa shape index (κ2) is 2.93. The third kappa shape index (κ3) is 1.45. The zero-order valence-electron chi connectivity index (χ0n) is 6.14. The van der Waals surface area contributed by atoms with Gasteiger partial charge in [0.1, 0.15) is 4.87 Å². The summed E-state index contributed by atoms with van der Waals surface area (Å²) < 4.78 is 0. The van der Waals surface area contributed by atoms with Crippen molar-refractivity contribution < 1.29 is 0 Å². The fraction of sp³-hybridized carbons (Fsp3) is 0.333. The molecule has 0 nitrogen and oxygen atoms in total. The number of alkyl halides is 1. The monoisotopic (exact) mass is 186 g/mol. The molecular formula is C9H8Cl2. The molecule has 0 aromatic carbocycles. The first-order valence-electron chi connectivity index (χ1n) is 3.32. The molecule has 0 heterocycles. The first kappa shape index (κ1) is 8.71. The van der Waals surface area contributed by atoms with Crippen molar-refractivity contribution in [2.75, 3.05) is 0 Å². The van der Waals surface area contributed by atoms with Crippen LogP contribution in [0.3, 0.4) is 0 Å². The maximum atomic E-state index is 6.06. The normalized spacial score (nSPS) is 36.2. The Kier molecular flexibility index (Phi) is 2.32. The lowest BCUT2D eigenvalue weighted by Gasteiger charge is -2.26. The first-order chi connectivity index (χ1) is 5.10. The lowest BCUT2D eigenvalue weighted by atomic mass is 9.89. The van der Waals surface area contributed by atoms with Gasteiger partial charge in [-0.05, 0) is 6.08 Å². The highest BCUT2D eigenvalue weighted by Crippen LogP contribution is 2.36. The molecule has 0 N–H and O–H groups in total. The van der Waals surface area contributed by atoms with E-state index in [1.54, 1.807) is 12.2 Å². The molecule has 0 bridgehead atoms. The van der Waals surface area contributed by atoms with E-state index in [2.05, 4.69) is 5.92 Å². The average molecular weight is 187 g/mol. The number of terminal acetylenes is 1. The van der Waals surface area contributed by atoms with Crippen LogP contribution in [0.5, 0.6) is 0 Å². The van der Waals surface area contributed by atoms with Gasteiger partial charge in [0.2, 0.25) is 0 Å². The molecule has 0 aromatic heterocycles. The van der Waals surface area contributed by atoms with Crippen LogP contribution in [-0.2, 0) is 0 Å². The second-order valence-electron chi connectivity index (χ2n) is 2.54. The summed E-state index contributed by atoms with van der Waals surface area (Å²) in [6.45, 7) is 1.91. The summed E-state index contributed by atoms with van der Waals surface area (Å²) in [6, 6.07) is 0. The van der Waals surface area contributed by atoms with Gasteiger partial charge in [-0.2, -0.15) is 0 Å². The largest absolute Gasteiger partial charge is 0.130 e. The Bertz CT molecular complexity index is 257. The molecule has 0 spiro atoms. The fourth-order valence-electron chi connectivity index (χ4n) is 0.943. The van der Waals surface area contributed by atoms with Gasteiger partial charge in [0.25, 0.3) is 0 Å². The van der Waals surface area contributed by atoms with E-state index < -0.39 is 4.87 Å². The zero-order valence-corrected chi connectivity index (χ0v) is 7.65. The van der Waals surface area contributed by atoms with Crippen LogP contribution in [0.2, 0.25) is 0 Å². The minimum absolute atomic E-state index is 0.000772. The fourth-order valence-corrected chi connectivity index (χ4v) is 1.43. The summed E-state index contributed by atoms with van der Waals surface area (Å²) in [7, 11) is 0. The molecule has 0 aromatic rings. The Balaban J connectivity index is 3.00. The predicted octanol–water partition coefficient (Wildman–Crippen LogP) is 2.93. The number of allylic oxidation sites excluding steroid dienone is 4. The van der Waals surface area contributed by atoms with Crippen molar-refractivity contribution in [2.24, 2.45) is 5.92 Å². The van der Waals surface area contributed by atoms with Gasteiger partial charge in [-0.1, -0.05) is 48.2 Å². The molecule has 0 saturated carbocycles. The van der Waals surface area contributed by atoms with Crippen molar-refractivity contribution in [3.8, 4) is 12.3 Å². The van der Waals surface area contributed by atoms with Crippen molar-refractivity contribution in [1.29, 1.82) is 0 Å². The van der Waals surface area contributed by atoms with Crippen molar-refractivity contribution in [2.45, 2.75) is 11.8 Å². The predicted molar refractivity (Wildman–Crippen MR) is 49.7 cm³/mol. The highest BCUT2D eigenvalue weighted by molar-refractivity contribution is 6.33. The number of halogens is 2. The molecule has 1 aliphatic carbocycles. The van der Waals surface area contributed by atoms with Crippen molar-refractivity contribution in [3.63, 3.8) is 0 Å². The summed E-state index contributed by atoms with van der Waals surface area (Å²) in [4.78, 5) is -0.730. The van der Waals surface area contributed by atoms with Gasteiger partial charge in [0, 0.05) is 11.0 Å². The smallest absolute Gasteiger partial charge is 0.118 e. The Hall–Kier alpha value is -0.380. The van der Waals surface area contributed by atoms with E-state index in [9.17, 15) is 0 Å². The van der Waals surface area contributed by atoms with Crippen molar-refractivity contribution in [3.05, 3.63) is 23.3 Å². The van der Waals surface area contributed by atoms with Crippen LogP contribution < -0.4 is 0 Å². The lowest BCUT2D eigenvalue weighted by molar-refractivity contribution is 0.644. The van der Waals surface area contributed by atoms with Crippen molar-refractivity contribution in [1.82, 2.24) is 0 Å². The van der Waals surface area contributed by atoms with Crippen LogP contribution in [0.15, 0.2) is 23.3 Å². The van der Waals surface area contributed by atoms with Crippen LogP contribution in [0.25, 0.3) is 0 Å². The summed E-state index contributed by atoms with van der Waals surface area (Å²) in [5, 5.41) is 0.709. The number of rotatable bonds is 0. The van der Waals surface area contributed by atoms with Crippen LogP contribution in [0.1, 0.15) is 6.92 Å². The lowest BCUT2D eigenvalue weighted by Crippen LogP contribution is -2.27. The van der Waals surface area contributed by atoms with E-state index in [1.165, 1.54) is 0 Å². The average Bonchev–Trinajstić information content (AvgIpc) is 2.00. The molecule has 2 heteroatoms. The Labute approximate surface area is 76.9 Å². The number of hydrogen-bond donors (Lipinski definition) is 0. The standard InChI is InChI=1S/C9H8Cl2/c1-3-9(11)6-4-5-8(10)7(9)2/h1,4-7H,2H3. The molecule has 1 aliphatic rings. The Morgan fingerprint density at radius 1 is 1.73 bits per heavy atom. The maximum absolute atomic E-state index is 6.06. The molecule has 2 atom stereocenters. The Morgan fingerprint density at radius 3 is 2.82 bits per heavy atom. The van der Waals surface area contributed by atoms with Gasteiger partial charge in [-0.3, -0.25) is 0 Å². The molecule has 0 radical (unpaired) electrons. The summed E-state index contributed by atoms with van der Waals surface area (Å²) >= 11 is 11.9. The van der Waals surface area contributed by atoms with Gasteiger partial charge in [-0.25, -0.2) is 0 Å². The molecule has 11 heavy (non-hydrogen) atoms. The van der Waals surface area contributed by atoms with Crippen molar-refractivity contribution >= 4 is 23.2 Å². The highest BCUT2D eigenvalue weighted by atomic mass is 35.5. The van der Waals surface area contributed by atoms with E-state index in [1.807, 2.05) is 13.0 Å². The second-order valence-corrected chi connectivity index (χ2v) is 3.61. The zero-order chi connectivity index (χ0) is 8.48. The quantitative estimate of drug-likeness (QED) is 0.404. The van der Waals surface area contributed by atoms with Crippen LogP contribution >= 0.6 is 23.2 Å². The van der Waals surface area contributed by atoms with Gasteiger partial charge < -0.3 is 0 Å². The third-order valence-corrected chi connectivity index (χ3v) is 2.88. The van der Waals surface area contributed by atoms with Crippen LogP contribution in [0, 0.1) is 18.3 Å². The van der Waals surface area contributed by atoms with E-state index in [4.69, 9.17) is 29.6 Å². The first-order valence-corrected chi connectivity index (χ1v) is 4.07. The van der Waals surface area contributed by atoms with Gasteiger partial charge in [0.15, 0.2) is 0 Å². The molecule has 0 fully saturated rings. The molecule has 2 unspecified atom stereocenters. The minimum Gasteiger partial charge on any atom is -0.118 e. The molecule has 0 amide bonds. The van der Waals surface area contributed by atoms with Crippen LogP contribution in [-0.4, -0.2) is 4.87 Å². The van der Waals surface area contributed by atoms with Crippen LogP contribution in [0.4, 0.5) is 0 Å². The maximum Gasteiger partial charge on any atom is 0.130 e. The third-order valence-electron chi connectivity index (χ3n) is 1.86. The minimum atomic E-state index is -0.730. The van der Waals surface area contributed by atoms with E-state index in [0.29, 0.717) is 5.03 Å². The highest BCUT2D eigenvalue weighted by Gasteiger charge is 2.32. The molecule has 1 rings (SSSR count). The summed E-state index contributed by atoms with van der Waals surface area (Å²) in [6.07, 6.45) is 10.7. The van der Waals surface area contributed by atoms with Gasteiger partial charge in [-0.15, -0.1) is 6.42 Å². The number of hydrogen-bond acceptors (Lipinski definition) is 0. The van der Waals surface area contributed by atoms with E-state index in [0.717, 1.165) is 0 Å². The van der Waals surface area contributed by atoms with Gasteiger partial charge >= 0.3 is 0 Å². The topological polar surface area (TPSA) is 0 Å². The van der Waals surface area contributed by atoms with Gasteiger partial charge in [0.05, 0.1) is 0 Å². The summed E-state index contributed by atoms with van der Waals surface area (Å²) in [5.74, 6) is 2.51. The van der Waals surface area contributed by atoms with E-state index >= 15 is 0 Å². The molecule has 0 saturated heterocycles. The molecular weight excluding hydrogens is 179 g/mol. The molecule has 0 aliphatic heterocycles. The Morgan fingerprint density at radius 2 is 2.36 bits per heavy atom. The summed E-state index contributed by atoms with van der Waals surface area (Å²) in [5.41, 5.74) is 0. The SMILES string of the molecule is C#CC1(Cl)C=CC=C(Cl)C1C. The molecule has 58 valence electrons. The van der Waals surface area contributed by atoms with E-state index in [-0.39, 0.29) is 5.92 Å².